The van der Waals surface area contributed by atoms with Crippen molar-refractivity contribution in [1.82, 2.24) is 0 Å². The van der Waals surface area contributed by atoms with Crippen molar-refractivity contribution in [2.24, 2.45) is 0 Å². The molecular weight excluding hydrogens is 220 g/mol. The van der Waals surface area contributed by atoms with E-state index in [4.69, 9.17) is 10.6 Å². The molecule has 2 rings (SSSR count). The lowest BCUT2D eigenvalue weighted by atomic mass is 10.3. The normalized spacial score (nSPS) is 9.94. The summed E-state index contributed by atoms with van der Waals surface area (Å²) in [4.78, 5) is 5.13. The van der Waals surface area contributed by atoms with Crippen molar-refractivity contribution in [1.29, 1.82) is 0 Å². The molecule has 0 unspecified atom stereocenters. The molecule has 5 nitrogen and oxygen atoms in total. The Balaban J connectivity index is 2.08. The van der Waals surface area contributed by atoms with Gasteiger partial charge in [-0.15, -0.1) is 5.75 Å². The van der Waals surface area contributed by atoms with Crippen molar-refractivity contribution >= 4 is 11.4 Å². The smallest absolute Gasteiger partial charge is 0.158 e. The molecule has 0 aliphatic rings. The van der Waals surface area contributed by atoms with Gasteiger partial charge in [0, 0.05) is 5.69 Å². The molecular formula is C12H11N2O3-. The Kier molecular flexibility index (Phi) is 3.02. The first kappa shape index (κ1) is 11.1. The molecule has 0 heterocycles. The molecule has 0 saturated heterocycles. The lowest BCUT2D eigenvalue weighted by Crippen LogP contribution is -2.22. The van der Waals surface area contributed by atoms with Crippen LogP contribution in [0.15, 0.2) is 48.5 Å². The number of nitrogens with two attached hydrogens (primary N) is 1. The summed E-state index contributed by atoms with van der Waals surface area (Å²) in [5, 5.41) is 21.1. The molecule has 0 amide bonds. The van der Waals surface area contributed by atoms with Crippen LogP contribution in [-0.4, -0.2) is 5.21 Å². The number of anilines is 2. The Hall–Kier alpha value is -2.40. The van der Waals surface area contributed by atoms with E-state index in [0.29, 0.717) is 22.4 Å². The van der Waals surface area contributed by atoms with E-state index in [-0.39, 0.29) is 5.75 Å². The van der Waals surface area contributed by atoms with Gasteiger partial charge in [-0.1, -0.05) is 17.4 Å². The number of nitrogen functional groups attached to an aromatic ring is 1. The highest BCUT2D eigenvalue weighted by Gasteiger charge is 2.04. The third-order valence-electron chi connectivity index (χ3n) is 2.13. The first-order valence-corrected chi connectivity index (χ1v) is 4.95. The molecule has 5 heteroatoms. The first-order chi connectivity index (χ1) is 8.15. The Morgan fingerprint density at radius 1 is 1.00 bits per heavy atom. The van der Waals surface area contributed by atoms with Crippen LogP contribution in [0.3, 0.4) is 0 Å². The number of hydrogen-bond donors (Lipinski definition) is 2. The van der Waals surface area contributed by atoms with Gasteiger partial charge in [-0.25, -0.2) is 0 Å². The van der Waals surface area contributed by atoms with Gasteiger partial charge in [0.1, 0.15) is 5.69 Å². The highest BCUT2D eigenvalue weighted by Crippen LogP contribution is 2.19. The van der Waals surface area contributed by atoms with E-state index >= 15 is 0 Å². The first-order valence-electron chi connectivity index (χ1n) is 4.95. The van der Waals surface area contributed by atoms with Crippen molar-refractivity contribution in [3.05, 3.63) is 48.5 Å². The summed E-state index contributed by atoms with van der Waals surface area (Å²) in [5.74, 6) is 0.308. The minimum atomic E-state index is -0.130. The van der Waals surface area contributed by atoms with E-state index in [0.717, 1.165) is 0 Å². The van der Waals surface area contributed by atoms with Crippen molar-refractivity contribution in [2.75, 3.05) is 11.0 Å². The van der Waals surface area contributed by atoms with Crippen molar-refractivity contribution in [2.45, 2.75) is 0 Å². The van der Waals surface area contributed by atoms with E-state index in [1.165, 1.54) is 24.3 Å². The van der Waals surface area contributed by atoms with Crippen LogP contribution >= 0.6 is 0 Å². The highest BCUT2D eigenvalue weighted by molar-refractivity contribution is 5.46. The summed E-state index contributed by atoms with van der Waals surface area (Å²) in [5.41, 5.74) is 6.49. The summed E-state index contributed by atoms with van der Waals surface area (Å²) >= 11 is 0. The largest absolute Gasteiger partial charge is 0.872 e. The van der Waals surface area contributed by atoms with Gasteiger partial charge in [0.05, 0.1) is 0 Å². The van der Waals surface area contributed by atoms with E-state index in [9.17, 15) is 10.3 Å². The summed E-state index contributed by atoms with van der Waals surface area (Å²) < 4.78 is 0. The molecule has 0 atom stereocenters. The molecule has 2 aromatic carbocycles. The van der Waals surface area contributed by atoms with E-state index in [1.807, 2.05) is 0 Å². The van der Waals surface area contributed by atoms with Crippen LogP contribution in [0.5, 0.6) is 11.5 Å². The number of benzene rings is 2. The van der Waals surface area contributed by atoms with Gasteiger partial charge in [0.2, 0.25) is 0 Å². The highest BCUT2D eigenvalue weighted by atomic mass is 16.9. The summed E-state index contributed by atoms with van der Waals surface area (Å²) in [6.07, 6.45) is 0. The fourth-order valence-corrected chi connectivity index (χ4v) is 1.25. The second-order valence-corrected chi connectivity index (χ2v) is 3.43. The summed E-state index contributed by atoms with van der Waals surface area (Å²) in [6, 6.07) is 12.2. The Morgan fingerprint density at radius 3 is 2.18 bits per heavy atom. The molecule has 0 saturated carbocycles. The SMILES string of the molecule is Nc1ccc(ON(O)c2ccc([O-])cc2)cc1. The number of rotatable bonds is 3. The predicted octanol–water partition coefficient (Wildman–Crippen LogP) is 1.53. The standard InChI is InChI=1S/C12H12N2O3/c13-9-1-7-12(8-2-9)17-14(16)10-3-5-11(15)6-4-10/h1-8,15-16H,13H2/p-1. The average Bonchev–Trinajstić information content (AvgIpc) is 2.33. The lowest BCUT2D eigenvalue weighted by Gasteiger charge is -2.17. The molecule has 0 spiro atoms. The van der Waals surface area contributed by atoms with E-state index < -0.39 is 0 Å². The minimum absolute atomic E-state index is 0.130. The third kappa shape index (κ3) is 2.79. The molecule has 17 heavy (non-hydrogen) atoms. The average molecular weight is 231 g/mol. The molecule has 0 aliphatic carbocycles. The Morgan fingerprint density at radius 2 is 1.59 bits per heavy atom. The molecule has 0 radical (unpaired) electrons. The summed E-state index contributed by atoms with van der Waals surface area (Å²) in [7, 11) is 0. The molecule has 0 bridgehead atoms. The predicted molar refractivity (Wildman–Crippen MR) is 61.6 cm³/mol. The molecule has 88 valence electrons. The van der Waals surface area contributed by atoms with Crippen LogP contribution in [0.25, 0.3) is 0 Å². The van der Waals surface area contributed by atoms with Crippen LogP contribution in [0.2, 0.25) is 0 Å². The molecule has 0 aliphatic heterocycles. The second kappa shape index (κ2) is 4.63. The second-order valence-electron chi connectivity index (χ2n) is 3.43. The van der Waals surface area contributed by atoms with Crippen LogP contribution in [0, 0.1) is 0 Å². The van der Waals surface area contributed by atoms with E-state index in [2.05, 4.69) is 0 Å². The van der Waals surface area contributed by atoms with Gasteiger partial charge < -0.3 is 15.7 Å². The van der Waals surface area contributed by atoms with Crippen LogP contribution < -0.4 is 20.9 Å². The molecule has 3 N–H and O–H groups in total. The maximum atomic E-state index is 10.9. The van der Waals surface area contributed by atoms with Crippen LogP contribution in [0.4, 0.5) is 11.4 Å². The monoisotopic (exact) mass is 231 g/mol. The topological polar surface area (TPSA) is 81.8 Å². The number of nitrogens with zero attached hydrogens (tertiary/aromatic N) is 1. The Labute approximate surface area is 98.2 Å². The molecule has 2 aromatic rings. The van der Waals surface area contributed by atoms with Gasteiger partial charge in [0.25, 0.3) is 0 Å². The van der Waals surface area contributed by atoms with Crippen molar-refractivity contribution < 1.29 is 15.2 Å². The fourth-order valence-electron chi connectivity index (χ4n) is 1.25. The van der Waals surface area contributed by atoms with Gasteiger partial charge in [-0.3, -0.25) is 5.21 Å². The maximum Gasteiger partial charge on any atom is 0.158 e. The van der Waals surface area contributed by atoms with Gasteiger partial charge >= 0.3 is 0 Å². The van der Waals surface area contributed by atoms with Crippen molar-refractivity contribution in [3.8, 4) is 11.5 Å². The zero-order valence-corrected chi connectivity index (χ0v) is 8.91. The quantitative estimate of drug-likeness (QED) is 0.618. The van der Waals surface area contributed by atoms with Gasteiger partial charge in [0.15, 0.2) is 5.75 Å². The molecule has 0 aromatic heterocycles. The number of hydrogen-bond acceptors (Lipinski definition) is 5. The zero-order chi connectivity index (χ0) is 12.3. The third-order valence-corrected chi connectivity index (χ3v) is 2.13. The Bertz CT molecular complexity index is 482. The van der Waals surface area contributed by atoms with Crippen LogP contribution in [-0.2, 0) is 0 Å². The van der Waals surface area contributed by atoms with E-state index in [1.54, 1.807) is 24.3 Å². The van der Waals surface area contributed by atoms with Crippen LogP contribution in [0.1, 0.15) is 0 Å². The van der Waals surface area contributed by atoms with Gasteiger partial charge in [-0.2, -0.15) is 0 Å². The minimum Gasteiger partial charge on any atom is -0.872 e. The fraction of sp³-hybridized carbons (Fsp3) is 0. The molecule has 0 fully saturated rings. The lowest BCUT2D eigenvalue weighted by molar-refractivity contribution is -0.268. The van der Waals surface area contributed by atoms with Crippen molar-refractivity contribution in [3.63, 3.8) is 0 Å². The van der Waals surface area contributed by atoms with Gasteiger partial charge in [-0.05, 0) is 36.4 Å². The summed E-state index contributed by atoms with van der Waals surface area (Å²) in [6.45, 7) is 0. The zero-order valence-electron chi connectivity index (χ0n) is 8.91. The maximum absolute atomic E-state index is 10.9.